The van der Waals surface area contributed by atoms with E-state index in [0.29, 0.717) is 0 Å². The van der Waals surface area contributed by atoms with Crippen LogP contribution in [0.2, 0.25) is 0 Å². The molecule has 2 radical (unpaired) electrons. The Kier molecular flexibility index (Phi) is 173. The van der Waals surface area contributed by atoms with Crippen LogP contribution in [0.5, 0.6) is 0 Å². The van der Waals surface area contributed by atoms with Crippen molar-refractivity contribution < 1.29 is 124 Å². The molecule has 5 heteroatoms. The van der Waals surface area contributed by atoms with Gasteiger partial charge in [0.05, 0.1) is 0 Å². The summed E-state index contributed by atoms with van der Waals surface area (Å²) in [6.45, 7) is 0. The molecule has 0 fully saturated rings. The maximum absolute atomic E-state index is 0. The molecular formula is Y2Zn3. The molecule has 0 aromatic heterocycles. The van der Waals surface area contributed by atoms with E-state index in [0.717, 1.165) is 0 Å². The maximum Gasteiger partial charge on any atom is 0 e. The second kappa shape index (κ2) is 24.3. The van der Waals surface area contributed by atoms with Crippen LogP contribution >= 0.6 is 0 Å². The van der Waals surface area contributed by atoms with Gasteiger partial charge in [0.25, 0.3) is 0 Å². The van der Waals surface area contributed by atoms with Crippen LogP contribution in [-0.4, -0.2) is 0 Å². The fourth-order valence-corrected chi connectivity index (χ4v) is 0. The first-order chi connectivity index (χ1) is 0. The Morgan fingerprint density at radius 3 is 0.400 bits per heavy atom. The molecule has 0 nitrogen and oxygen atoms in total. The largest absolute Gasteiger partial charge is 0 e. The summed E-state index contributed by atoms with van der Waals surface area (Å²) in [6, 6.07) is 0. The van der Waals surface area contributed by atoms with E-state index in [1.165, 1.54) is 0 Å². The van der Waals surface area contributed by atoms with Crippen molar-refractivity contribution in [1.29, 1.82) is 0 Å². The first-order valence-electron chi connectivity index (χ1n) is 0. The predicted molar refractivity (Wildman–Crippen MR) is 0 cm³/mol. The Morgan fingerprint density at radius 2 is 0.400 bits per heavy atom. The van der Waals surface area contributed by atoms with Gasteiger partial charge in [-0.15, -0.1) is 0 Å². The minimum absolute atomic E-state index is 0. The molecule has 0 bridgehead atoms. The molecule has 0 N–H and O–H groups in total. The van der Waals surface area contributed by atoms with E-state index in [1.54, 1.807) is 0 Å². The van der Waals surface area contributed by atoms with Crippen LogP contribution in [0.3, 0.4) is 0 Å². The summed E-state index contributed by atoms with van der Waals surface area (Å²) in [4.78, 5) is 0. The standard InChI is InChI=1S/2Y.3Zn. The first-order valence-corrected chi connectivity index (χ1v) is 0. The van der Waals surface area contributed by atoms with Crippen LogP contribution in [0.25, 0.3) is 0 Å². The van der Waals surface area contributed by atoms with E-state index >= 15 is 0 Å². The topological polar surface area (TPSA) is 0 Å². The molecule has 0 aromatic carbocycles. The zero-order chi connectivity index (χ0) is 0. The second-order valence-corrected chi connectivity index (χ2v) is 0. The van der Waals surface area contributed by atoms with Crippen LogP contribution in [-0.2, 0) is 124 Å². The van der Waals surface area contributed by atoms with Gasteiger partial charge in [-0.1, -0.05) is 0 Å². The summed E-state index contributed by atoms with van der Waals surface area (Å²) in [7, 11) is 0. The molecule has 0 aromatic rings. The predicted octanol–water partition coefficient (Wildman–Crippen LogP) is -0.0125. The third-order valence-corrected chi connectivity index (χ3v) is 0. The Labute approximate surface area is 121 Å². The molecule has 12 valence electrons. The summed E-state index contributed by atoms with van der Waals surface area (Å²) in [6.07, 6.45) is 0. The average molecular weight is 374 g/mol. The van der Waals surface area contributed by atoms with Crippen molar-refractivity contribution in [2.75, 3.05) is 0 Å². The molecular weight excluding hydrogens is 374 g/mol. The van der Waals surface area contributed by atoms with Gasteiger partial charge in [0.15, 0.2) is 0 Å². The Bertz CT molecular complexity index is 4.85. The fraction of sp³-hybridized carbons (Fsp3) is 0. The van der Waals surface area contributed by atoms with Crippen LogP contribution in [0.1, 0.15) is 0 Å². The van der Waals surface area contributed by atoms with Gasteiger partial charge >= 0.3 is 0 Å². The SMILES string of the molecule is [Y].[Y].[Zn].[Zn].[Zn]. The third-order valence-electron chi connectivity index (χ3n) is 0. The Morgan fingerprint density at radius 1 is 0.400 bits per heavy atom. The van der Waals surface area contributed by atoms with E-state index in [9.17, 15) is 0 Å². The second-order valence-electron chi connectivity index (χ2n) is 0. The number of rotatable bonds is 0. The molecule has 0 aliphatic rings. The normalized spacial score (nSPS) is 0. The average Bonchev–Trinajstić information content (AvgIpc) is 0. The van der Waals surface area contributed by atoms with Crippen LogP contribution in [0.4, 0.5) is 0 Å². The van der Waals surface area contributed by atoms with Gasteiger partial charge in [0.2, 0.25) is 0 Å². The van der Waals surface area contributed by atoms with Crippen molar-refractivity contribution in [2.24, 2.45) is 0 Å². The summed E-state index contributed by atoms with van der Waals surface area (Å²) >= 11 is 0. The van der Waals surface area contributed by atoms with Crippen molar-refractivity contribution >= 4 is 0 Å². The number of hydrogen-bond acceptors (Lipinski definition) is 0. The Hall–Kier alpha value is 4.08. The third kappa shape index (κ3) is 17.9. The minimum atomic E-state index is 0. The molecule has 0 aliphatic carbocycles. The van der Waals surface area contributed by atoms with E-state index in [1.807, 2.05) is 0 Å². The van der Waals surface area contributed by atoms with E-state index in [-0.39, 0.29) is 124 Å². The van der Waals surface area contributed by atoms with Gasteiger partial charge in [-0.05, 0) is 0 Å². The van der Waals surface area contributed by atoms with Crippen molar-refractivity contribution in [3.63, 3.8) is 0 Å². The molecule has 5 heavy (non-hydrogen) atoms. The van der Waals surface area contributed by atoms with Crippen molar-refractivity contribution in [2.45, 2.75) is 0 Å². The molecule has 0 aliphatic heterocycles. The first kappa shape index (κ1) is 35.6. The van der Waals surface area contributed by atoms with Crippen molar-refractivity contribution in [3.05, 3.63) is 0 Å². The van der Waals surface area contributed by atoms with Crippen LogP contribution < -0.4 is 0 Å². The van der Waals surface area contributed by atoms with Gasteiger partial charge < -0.3 is 0 Å². The molecule has 0 rings (SSSR count). The molecule has 0 unspecified atom stereocenters. The molecule has 0 amide bonds. The zero-order valence-corrected chi connectivity index (χ0v) is 17.9. The van der Waals surface area contributed by atoms with E-state index in [2.05, 4.69) is 0 Å². The molecule has 0 spiro atoms. The molecule has 0 saturated carbocycles. The number of hydrogen-bond donors (Lipinski definition) is 0. The zero-order valence-electron chi connectivity index (χ0n) is 3.28. The van der Waals surface area contributed by atoms with Crippen molar-refractivity contribution in [1.82, 2.24) is 0 Å². The van der Waals surface area contributed by atoms with Crippen LogP contribution in [0, 0.1) is 0 Å². The summed E-state index contributed by atoms with van der Waals surface area (Å²) < 4.78 is 0. The molecule has 0 atom stereocenters. The van der Waals surface area contributed by atoms with E-state index < -0.39 is 0 Å². The van der Waals surface area contributed by atoms with Gasteiger partial charge in [0, 0.05) is 124 Å². The maximum atomic E-state index is 0. The van der Waals surface area contributed by atoms with E-state index in [4.69, 9.17) is 0 Å². The molecule has 0 heterocycles. The smallest absolute Gasteiger partial charge is 0 e. The summed E-state index contributed by atoms with van der Waals surface area (Å²) in [5, 5.41) is 0. The summed E-state index contributed by atoms with van der Waals surface area (Å²) in [5.74, 6) is 0. The van der Waals surface area contributed by atoms with Gasteiger partial charge in [0.1, 0.15) is 0 Å². The monoisotopic (exact) mass is 370 g/mol. The van der Waals surface area contributed by atoms with Crippen molar-refractivity contribution in [3.8, 4) is 0 Å². The van der Waals surface area contributed by atoms with Gasteiger partial charge in [-0.25, -0.2) is 0 Å². The van der Waals surface area contributed by atoms with Crippen LogP contribution in [0.15, 0.2) is 0 Å². The Balaban J connectivity index is 0. The van der Waals surface area contributed by atoms with Gasteiger partial charge in [-0.2, -0.15) is 0 Å². The quantitative estimate of drug-likeness (QED) is 0.524. The molecule has 0 saturated heterocycles. The van der Waals surface area contributed by atoms with Gasteiger partial charge in [-0.3, -0.25) is 0 Å². The minimum Gasteiger partial charge on any atom is 0 e. The fourth-order valence-electron chi connectivity index (χ4n) is 0. The summed E-state index contributed by atoms with van der Waals surface area (Å²) in [5.41, 5.74) is 0.